The second-order valence-corrected chi connectivity index (χ2v) is 16.4. The van der Waals surface area contributed by atoms with Crippen LogP contribution >= 0.6 is 22.9 Å². The lowest BCUT2D eigenvalue weighted by molar-refractivity contribution is -0.136. The lowest BCUT2D eigenvalue weighted by Crippen LogP contribution is -2.54. The van der Waals surface area contributed by atoms with E-state index >= 15 is 4.39 Å². The molecule has 0 aliphatic carbocycles. The molecule has 2 fully saturated rings. The van der Waals surface area contributed by atoms with Crippen molar-refractivity contribution in [2.75, 3.05) is 39.3 Å². The van der Waals surface area contributed by atoms with Gasteiger partial charge in [-0.05, 0) is 68.1 Å². The highest BCUT2D eigenvalue weighted by Crippen LogP contribution is 2.43. The van der Waals surface area contributed by atoms with Crippen LogP contribution in [-0.2, 0) is 20.9 Å². The Morgan fingerprint density at radius 1 is 1.00 bits per heavy atom. The zero-order valence-electron chi connectivity index (χ0n) is 31.2. The Morgan fingerprint density at radius 2 is 1.73 bits per heavy atom. The van der Waals surface area contributed by atoms with Gasteiger partial charge in [0.05, 0.1) is 23.2 Å². The molecular weight excluding hydrogens is 761 g/mol. The van der Waals surface area contributed by atoms with Gasteiger partial charge in [0.1, 0.15) is 22.7 Å². The van der Waals surface area contributed by atoms with E-state index in [1.807, 2.05) is 31.2 Å². The molecule has 56 heavy (non-hydrogen) atoms. The average molecular weight is 802 g/mol. The van der Waals surface area contributed by atoms with Crippen LogP contribution in [0.1, 0.15) is 90.8 Å². The number of carbonyl (C=O) groups is 5. The summed E-state index contributed by atoms with van der Waals surface area (Å²) < 4.78 is 17.4. The summed E-state index contributed by atoms with van der Waals surface area (Å²) in [7, 11) is 0. The zero-order chi connectivity index (χ0) is 39.4. The van der Waals surface area contributed by atoms with Crippen molar-refractivity contribution >= 4 is 52.5 Å². The predicted molar refractivity (Wildman–Crippen MR) is 205 cm³/mol. The largest absolute Gasteiger partial charge is 0.355 e. The van der Waals surface area contributed by atoms with E-state index in [0.29, 0.717) is 49.1 Å². The van der Waals surface area contributed by atoms with Gasteiger partial charge in [-0.1, -0.05) is 23.7 Å². The number of hydrogen-bond donors (Lipinski definition) is 3. The van der Waals surface area contributed by atoms with Gasteiger partial charge in [-0.15, -0.1) is 21.5 Å². The number of carbonyl (C=O) groups excluding carboxylic acids is 5. The first kappa shape index (κ1) is 38.0. The molecule has 2 saturated heterocycles. The summed E-state index contributed by atoms with van der Waals surface area (Å²) in [5.41, 5.74) is 3.50. The Labute approximate surface area is 331 Å². The summed E-state index contributed by atoms with van der Waals surface area (Å²) in [6.07, 6.45) is 0.155. The monoisotopic (exact) mass is 801 g/mol. The molecule has 0 radical (unpaired) electrons. The average Bonchev–Trinajstić information content (AvgIpc) is 3.73. The number of piperidine rings is 1. The highest BCUT2D eigenvalue weighted by molar-refractivity contribution is 7.14. The van der Waals surface area contributed by atoms with Gasteiger partial charge in [0, 0.05) is 74.1 Å². The van der Waals surface area contributed by atoms with Crippen molar-refractivity contribution in [3.05, 3.63) is 97.1 Å². The Balaban J connectivity index is 0.860. The minimum Gasteiger partial charge on any atom is -0.355 e. The number of nitrogens with one attached hydrogen (secondary N) is 3. The highest BCUT2D eigenvalue weighted by atomic mass is 35.5. The highest BCUT2D eigenvalue weighted by Gasteiger charge is 2.46. The third kappa shape index (κ3) is 7.04. The molecule has 0 saturated carbocycles. The molecule has 6 heterocycles. The van der Waals surface area contributed by atoms with Crippen molar-refractivity contribution in [3.8, 4) is 5.00 Å². The normalized spacial score (nSPS) is 21.4. The van der Waals surface area contributed by atoms with Crippen molar-refractivity contribution in [2.24, 2.45) is 0 Å². The Morgan fingerprint density at radius 3 is 2.46 bits per heavy atom. The van der Waals surface area contributed by atoms with E-state index in [1.54, 1.807) is 11.3 Å². The van der Waals surface area contributed by atoms with E-state index < -0.39 is 41.5 Å². The number of amides is 5. The molecule has 2 aromatic carbocycles. The molecule has 2 unspecified atom stereocenters. The summed E-state index contributed by atoms with van der Waals surface area (Å²) >= 11 is 7.95. The van der Waals surface area contributed by atoms with Crippen molar-refractivity contribution in [1.29, 1.82) is 0 Å². The molecule has 5 amide bonds. The number of hydrogen-bond acceptors (Lipinski definition) is 11. The first-order valence-corrected chi connectivity index (χ1v) is 19.9. The van der Waals surface area contributed by atoms with Crippen LogP contribution in [0, 0.1) is 26.6 Å². The van der Waals surface area contributed by atoms with Gasteiger partial charge in [-0.2, -0.15) is 0 Å². The molecule has 4 aliphatic heterocycles. The van der Waals surface area contributed by atoms with Crippen molar-refractivity contribution < 1.29 is 28.4 Å². The zero-order valence-corrected chi connectivity index (χ0v) is 32.7. The fraction of sp³-hybridized carbons (Fsp3) is 0.410. The molecule has 3 N–H and O–H groups in total. The summed E-state index contributed by atoms with van der Waals surface area (Å²) in [5, 5.41) is 19.6. The topological polar surface area (TPSA) is 162 Å². The summed E-state index contributed by atoms with van der Waals surface area (Å²) in [6, 6.07) is 8.83. The Hall–Kier alpha value is -4.87. The number of imide groups is 2. The van der Waals surface area contributed by atoms with Gasteiger partial charge in [-0.3, -0.25) is 53.9 Å². The lowest BCUT2D eigenvalue weighted by Gasteiger charge is -2.34. The Kier molecular flexibility index (Phi) is 10.3. The van der Waals surface area contributed by atoms with Crippen LogP contribution in [0.4, 0.5) is 4.39 Å². The standard InChI is InChI=1S/C39H41ClFN9O5S/c1-20-21(2)56-39-32(20)34(24-4-6-25(40)7-5-24)43-28(35-46-45-22(3)49(35)39)18-31(52)42-10-11-47-12-14-48(15-13-47)19-23-16-26-33(27(41)17-23)38(55)50(37(26)54)29-8-9-30(51)44-36(29)53/h4-7,16-17,28-29,34,43H,8-15,18-19H2,1-3H3,(H,42,52)(H,44,51,53)/t28?,29?,34-/m0/s1. The minimum atomic E-state index is -1.16. The maximum atomic E-state index is 15.3. The second kappa shape index (κ2) is 15.2. The van der Waals surface area contributed by atoms with Gasteiger partial charge in [0.15, 0.2) is 5.82 Å². The van der Waals surface area contributed by atoms with Crippen LogP contribution in [0.2, 0.25) is 5.02 Å². The van der Waals surface area contributed by atoms with Gasteiger partial charge in [0.2, 0.25) is 17.7 Å². The number of benzene rings is 2. The van der Waals surface area contributed by atoms with E-state index in [-0.39, 0.29) is 42.3 Å². The number of aromatic nitrogens is 3. The van der Waals surface area contributed by atoms with Crippen LogP contribution in [-0.4, -0.2) is 104 Å². The number of halogens is 2. The maximum Gasteiger partial charge on any atom is 0.265 e. The molecule has 4 aliphatic rings. The summed E-state index contributed by atoms with van der Waals surface area (Å²) in [4.78, 5) is 70.2. The fourth-order valence-electron chi connectivity index (χ4n) is 8.15. The molecule has 8 rings (SSSR count). The fourth-order valence-corrected chi connectivity index (χ4v) is 9.53. The molecule has 0 bridgehead atoms. The molecule has 292 valence electrons. The van der Waals surface area contributed by atoms with E-state index in [0.717, 1.165) is 39.9 Å². The SMILES string of the molecule is Cc1sc2c(c1C)[C@H](c1ccc(Cl)cc1)NC(CC(=O)NCCN1CCN(Cc3cc(F)c4c(c3)C(=O)N(C3CCC(=O)NC3=O)C4=O)CC1)c1nnc(C)n1-2. The molecule has 3 atom stereocenters. The van der Waals surface area contributed by atoms with E-state index in [2.05, 4.69) is 54.4 Å². The van der Waals surface area contributed by atoms with E-state index in [9.17, 15) is 24.0 Å². The molecule has 0 spiro atoms. The van der Waals surface area contributed by atoms with Crippen molar-refractivity contribution in [2.45, 2.75) is 64.7 Å². The predicted octanol–water partition coefficient (Wildman–Crippen LogP) is 3.51. The van der Waals surface area contributed by atoms with Crippen LogP contribution in [0.3, 0.4) is 0 Å². The van der Waals surface area contributed by atoms with E-state index in [4.69, 9.17) is 11.6 Å². The Bertz CT molecular complexity index is 2270. The van der Waals surface area contributed by atoms with Crippen LogP contribution in [0.5, 0.6) is 0 Å². The third-order valence-corrected chi connectivity index (χ3v) is 12.7. The molecular formula is C39H41ClFN9O5S. The molecule has 14 nitrogen and oxygen atoms in total. The van der Waals surface area contributed by atoms with Crippen LogP contribution in [0.15, 0.2) is 36.4 Å². The van der Waals surface area contributed by atoms with Gasteiger partial charge in [-0.25, -0.2) is 4.39 Å². The quantitative estimate of drug-likeness (QED) is 0.214. The molecule has 2 aromatic heterocycles. The molecule has 4 aromatic rings. The number of nitrogens with zero attached hydrogens (tertiary/aromatic N) is 6. The van der Waals surface area contributed by atoms with Gasteiger partial charge in [0.25, 0.3) is 11.8 Å². The number of thiophene rings is 1. The van der Waals surface area contributed by atoms with Crippen molar-refractivity contribution in [3.63, 3.8) is 0 Å². The first-order valence-electron chi connectivity index (χ1n) is 18.7. The summed E-state index contributed by atoms with van der Waals surface area (Å²) in [6.45, 7) is 10.4. The maximum absolute atomic E-state index is 15.3. The van der Waals surface area contributed by atoms with E-state index in [1.165, 1.54) is 22.6 Å². The van der Waals surface area contributed by atoms with Gasteiger partial charge >= 0.3 is 0 Å². The van der Waals surface area contributed by atoms with Crippen LogP contribution < -0.4 is 16.0 Å². The third-order valence-electron chi connectivity index (χ3n) is 11.2. The summed E-state index contributed by atoms with van der Waals surface area (Å²) in [5.74, 6) is -2.28. The number of aryl methyl sites for hydroxylation is 2. The number of piperazine rings is 1. The number of fused-ring (bicyclic) bond motifs is 4. The van der Waals surface area contributed by atoms with Crippen LogP contribution in [0.25, 0.3) is 5.00 Å². The van der Waals surface area contributed by atoms with Crippen molar-refractivity contribution in [1.82, 2.24) is 45.4 Å². The smallest absolute Gasteiger partial charge is 0.265 e. The molecule has 17 heteroatoms. The van der Waals surface area contributed by atoms with Gasteiger partial charge < -0.3 is 5.32 Å². The number of rotatable bonds is 9. The second-order valence-electron chi connectivity index (χ2n) is 14.8. The first-order chi connectivity index (χ1) is 26.9. The lowest BCUT2D eigenvalue weighted by atomic mass is 9.96. The minimum absolute atomic E-state index is 0.00153.